The molecule has 2 aromatic rings. The van der Waals surface area contributed by atoms with Gasteiger partial charge in [-0.2, -0.15) is 0 Å². The molecule has 19 heteroatoms. The van der Waals surface area contributed by atoms with Crippen molar-refractivity contribution in [2.75, 3.05) is 47.2 Å². The number of carbonyl (C=O) groups excluding carboxylic acids is 1. The van der Waals surface area contributed by atoms with Crippen LogP contribution in [0.4, 0.5) is 0 Å². The fourth-order valence-corrected chi connectivity index (χ4v) is 5.41. The lowest BCUT2D eigenvalue weighted by atomic mass is 9.96. The van der Waals surface area contributed by atoms with Gasteiger partial charge in [-0.15, -0.1) is 16.4 Å². The van der Waals surface area contributed by atoms with Crippen molar-refractivity contribution in [3.63, 3.8) is 0 Å². The number of aromatic nitrogens is 3. The minimum Gasteiger partial charge on any atom is -0.479 e. The summed E-state index contributed by atoms with van der Waals surface area (Å²) in [5.41, 5.74) is 0.796. The highest BCUT2D eigenvalue weighted by Crippen LogP contribution is 2.30. The van der Waals surface area contributed by atoms with Crippen LogP contribution >= 0.6 is 11.3 Å². The van der Waals surface area contributed by atoms with E-state index in [1.165, 1.54) is 7.11 Å². The number of aliphatic hydroxyl groups is 4. The Morgan fingerprint density at radius 1 is 0.933 bits per heavy atom. The van der Waals surface area contributed by atoms with E-state index in [0.717, 1.165) is 17.7 Å². The van der Waals surface area contributed by atoms with Crippen LogP contribution in [0.25, 0.3) is 10.6 Å². The standard InChI is InChI=1S/C26H38N4O14S/c1-38-19-15(31)18(34)26(42-20-16(32)17(33)25(39-2)44-22(20)24(36)37)43-21(19)23(35)27-5-7-40-9-10-41-8-6-30-12-13(28-29-30)14-4-3-11-45-14/h3-4,11-12,15-22,25-26,31-34H,5-10H2,1-2H3,(H,27,35)(H,36,37). The molecule has 4 rings (SSSR count). The van der Waals surface area contributed by atoms with Crippen molar-refractivity contribution in [3.05, 3.63) is 23.7 Å². The van der Waals surface area contributed by atoms with E-state index in [0.29, 0.717) is 19.8 Å². The second-order valence-corrected chi connectivity index (χ2v) is 11.0. The first-order chi connectivity index (χ1) is 21.7. The molecule has 6 N–H and O–H groups in total. The average molecular weight is 663 g/mol. The third kappa shape index (κ3) is 8.78. The Morgan fingerprint density at radius 2 is 1.62 bits per heavy atom. The smallest absolute Gasteiger partial charge is 0.335 e. The van der Waals surface area contributed by atoms with E-state index < -0.39 is 73.3 Å². The van der Waals surface area contributed by atoms with Crippen molar-refractivity contribution < 1.29 is 68.3 Å². The Morgan fingerprint density at radius 3 is 2.29 bits per heavy atom. The van der Waals surface area contributed by atoms with Gasteiger partial charge in [-0.05, 0) is 11.4 Å². The average Bonchev–Trinajstić information content (AvgIpc) is 3.73. The van der Waals surface area contributed by atoms with Crippen LogP contribution in [0.3, 0.4) is 0 Å². The van der Waals surface area contributed by atoms with Crippen molar-refractivity contribution in [1.29, 1.82) is 0 Å². The third-order valence-electron chi connectivity index (χ3n) is 7.08. The molecule has 0 saturated carbocycles. The number of nitrogens with zero attached hydrogens (tertiary/aromatic N) is 3. The fourth-order valence-electron chi connectivity index (χ4n) is 4.73. The van der Waals surface area contributed by atoms with Gasteiger partial charge in [0, 0.05) is 20.8 Å². The maximum Gasteiger partial charge on any atom is 0.335 e. The summed E-state index contributed by atoms with van der Waals surface area (Å²) in [6, 6.07) is 3.91. The number of hydrogen-bond acceptors (Lipinski definition) is 16. The summed E-state index contributed by atoms with van der Waals surface area (Å²) in [6.45, 7) is 1.62. The molecule has 0 bridgehead atoms. The van der Waals surface area contributed by atoms with Gasteiger partial charge in [0.1, 0.15) is 42.3 Å². The molecular formula is C26H38N4O14S. The van der Waals surface area contributed by atoms with Crippen LogP contribution in [0, 0.1) is 0 Å². The van der Waals surface area contributed by atoms with Gasteiger partial charge in [-0.25, -0.2) is 9.48 Å². The molecule has 2 aliphatic rings. The van der Waals surface area contributed by atoms with Gasteiger partial charge in [0.25, 0.3) is 5.91 Å². The highest BCUT2D eigenvalue weighted by atomic mass is 32.1. The number of aliphatic carboxylic acids is 1. The molecule has 0 aliphatic carbocycles. The van der Waals surface area contributed by atoms with Crippen molar-refractivity contribution in [3.8, 4) is 10.6 Å². The minimum absolute atomic E-state index is 0.0462. The molecule has 4 heterocycles. The Bertz CT molecular complexity index is 1200. The number of rotatable bonds is 16. The second kappa shape index (κ2) is 16.8. The summed E-state index contributed by atoms with van der Waals surface area (Å²) in [7, 11) is 2.34. The summed E-state index contributed by atoms with van der Waals surface area (Å²) in [5.74, 6) is -2.31. The Labute approximate surface area is 261 Å². The molecule has 0 radical (unpaired) electrons. The van der Waals surface area contributed by atoms with E-state index in [9.17, 15) is 35.1 Å². The molecular weight excluding hydrogens is 624 g/mol. The number of carbonyl (C=O) groups is 2. The Kier molecular flexibility index (Phi) is 13.1. The number of ether oxygens (including phenoxy) is 7. The summed E-state index contributed by atoms with van der Waals surface area (Å²) < 4.78 is 39.0. The predicted octanol–water partition coefficient (Wildman–Crippen LogP) is -2.82. The lowest BCUT2D eigenvalue weighted by Crippen LogP contribution is -2.66. The first-order valence-electron chi connectivity index (χ1n) is 14.0. The SMILES string of the molecule is COC1OC(C(=O)O)C(OC2OC(C(=O)NCCOCCOCCn3cc(-c4cccs4)nn3)C(OC)C(O)C2O)C(O)C1O. The van der Waals surface area contributed by atoms with Crippen LogP contribution in [-0.2, 0) is 49.3 Å². The van der Waals surface area contributed by atoms with Gasteiger partial charge in [0.05, 0.1) is 44.0 Å². The van der Waals surface area contributed by atoms with Crippen LogP contribution in [0.5, 0.6) is 0 Å². The van der Waals surface area contributed by atoms with E-state index in [-0.39, 0.29) is 19.8 Å². The zero-order valence-corrected chi connectivity index (χ0v) is 25.3. The molecule has 0 aromatic carbocycles. The lowest BCUT2D eigenvalue weighted by molar-refractivity contribution is -0.348. The van der Waals surface area contributed by atoms with E-state index in [2.05, 4.69) is 15.6 Å². The maximum absolute atomic E-state index is 12.9. The first kappa shape index (κ1) is 35.2. The normalized spacial score (nSPS) is 32.0. The molecule has 2 aliphatic heterocycles. The number of amides is 1. The van der Waals surface area contributed by atoms with Crippen LogP contribution in [-0.4, -0.2) is 161 Å². The lowest BCUT2D eigenvalue weighted by Gasteiger charge is -2.45. The summed E-state index contributed by atoms with van der Waals surface area (Å²) in [6.07, 6.45) is -15.0. The summed E-state index contributed by atoms with van der Waals surface area (Å²) >= 11 is 1.58. The molecule has 2 saturated heterocycles. The van der Waals surface area contributed by atoms with Crippen LogP contribution in [0.1, 0.15) is 0 Å². The molecule has 10 atom stereocenters. The topological polar surface area (TPSA) is 243 Å². The summed E-state index contributed by atoms with van der Waals surface area (Å²) in [5, 5.41) is 64.2. The molecule has 45 heavy (non-hydrogen) atoms. The second-order valence-electron chi connectivity index (χ2n) is 10.0. The van der Waals surface area contributed by atoms with Gasteiger partial charge in [0.15, 0.2) is 24.8 Å². The molecule has 10 unspecified atom stereocenters. The van der Waals surface area contributed by atoms with E-state index in [4.69, 9.17) is 33.2 Å². The quantitative estimate of drug-likeness (QED) is 0.0993. The number of methoxy groups -OCH3 is 2. The zero-order valence-electron chi connectivity index (χ0n) is 24.5. The number of aliphatic hydroxyl groups excluding tert-OH is 4. The molecule has 1 amide bonds. The Balaban J connectivity index is 1.19. The first-order valence-corrected chi connectivity index (χ1v) is 14.9. The highest BCUT2D eigenvalue weighted by molar-refractivity contribution is 7.13. The number of thiophene rings is 1. The van der Waals surface area contributed by atoms with Gasteiger partial charge >= 0.3 is 5.97 Å². The van der Waals surface area contributed by atoms with Crippen molar-refractivity contribution in [2.45, 2.75) is 68.0 Å². The summed E-state index contributed by atoms with van der Waals surface area (Å²) in [4.78, 5) is 25.7. The Hall–Kier alpha value is -2.66. The number of nitrogens with one attached hydrogen (secondary N) is 1. The number of carboxylic acid groups (broad SMARTS) is 1. The molecule has 2 fully saturated rings. The highest BCUT2D eigenvalue weighted by Gasteiger charge is 2.54. The van der Waals surface area contributed by atoms with Gasteiger partial charge in [-0.3, -0.25) is 4.79 Å². The largest absolute Gasteiger partial charge is 0.479 e. The predicted molar refractivity (Wildman–Crippen MR) is 150 cm³/mol. The van der Waals surface area contributed by atoms with Crippen molar-refractivity contribution in [2.24, 2.45) is 0 Å². The van der Waals surface area contributed by atoms with E-state index >= 15 is 0 Å². The van der Waals surface area contributed by atoms with Gasteiger partial charge < -0.3 is 64.0 Å². The fraction of sp³-hybridized carbons (Fsp3) is 0.692. The van der Waals surface area contributed by atoms with Crippen LogP contribution in [0.15, 0.2) is 23.7 Å². The number of carboxylic acids is 1. The van der Waals surface area contributed by atoms with Crippen molar-refractivity contribution >= 4 is 23.2 Å². The molecule has 0 spiro atoms. The monoisotopic (exact) mass is 662 g/mol. The van der Waals surface area contributed by atoms with E-state index in [1.807, 2.05) is 23.7 Å². The van der Waals surface area contributed by atoms with Crippen molar-refractivity contribution in [1.82, 2.24) is 20.3 Å². The zero-order chi connectivity index (χ0) is 32.5. The van der Waals surface area contributed by atoms with Gasteiger partial charge in [-0.1, -0.05) is 11.3 Å². The number of hydrogen-bond donors (Lipinski definition) is 6. The van der Waals surface area contributed by atoms with E-state index in [1.54, 1.807) is 16.0 Å². The minimum atomic E-state index is -1.85. The van der Waals surface area contributed by atoms with Crippen LogP contribution < -0.4 is 5.32 Å². The molecule has 252 valence electrons. The van der Waals surface area contributed by atoms with Gasteiger partial charge in [0.2, 0.25) is 0 Å². The maximum atomic E-state index is 12.9. The van der Waals surface area contributed by atoms with Crippen LogP contribution in [0.2, 0.25) is 0 Å². The molecule has 18 nitrogen and oxygen atoms in total. The third-order valence-corrected chi connectivity index (χ3v) is 7.97. The molecule has 2 aromatic heterocycles.